The molecule has 26 heavy (non-hydrogen) atoms. The van der Waals surface area contributed by atoms with Gasteiger partial charge in [0.05, 0.1) is 27.8 Å². The predicted octanol–water partition coefficient (Wildman–Crippen LogP) is 3.72. The molecule has 2 heterocycles. The fourth-order valence-electron chi connectivity index (χ4n) is 2.86. The van der Waals surface area contributed by atoms with Gasteiger partial charge in [-0.15, -0.1) is 11.3 Å². The van der Waals surface area contributed by atoms with Crippen molar-refractivity contribution >= 4 is 28.4 Å². The highest BCUT2D eigenvalue weighted by molar-refractivity contribution is 7.11. The number of H-pyrrole nitrogens is 1. The summed E-state index contributed by atoms with van der Waals surface area (Å²) < 4.78 is 13.2. The number of carbonyl (C=O) groups is 1. The zero-order valence-electron chi connectivity index (χ0n) is 15.3. The third kappa shape index (κ3) is 3.85. The van der Waals surface area contributed by atoms with E-state index >= 15 is 0 Å². The number of benzene rings is 1. The number of fused-ring (bicyclic) bond motifs is 1. The normalized spacial score (nSPS) is 12.3. The summed E-state index contributed by atoms with van der Waals surface area (Å²) in [5.74, 6) is 0.414. The van der Waals surface area contributed by atoms with E-state index in [9.17, 15) is 9.18 Å². The standard InChI is InChI=1S/C18H22FN5OS/c1-10(17-11(2)26-12(3)21-17)24(4)18(25)20-8-7-16-22-14-6-5-13(19)9-15(14)23-16/h5-6,9-10H,7-8H2,1-4H3,(H,20,25)(H,22,23)/t10-/m0/s1. The first-order valence-electron chi connectivity index (χ1n) is 8.44. The van der Waals surface area contributed by atoms with Gasteiger partial charge in [-0.1, -0.05) is 0 Å². The summed E-state index contributed by atoms with van der Waals surface area (Å²) in [6.07, 6.45) is 0.541. The van der Waals surface area contributed by atoms with Crippen LogP contribution in [-0.2, 0) is 6.42 Å². The molecule has 0 bridgehead atoms. The minimum absolute atomic E-state index is 0.103. The molecule has 0 aliphatic carbocycles. The Kier molecular flexibility index (Phi) is 5.22. The number of aromatic amines is 1. The summed E-state index contributed by atoms with van der Waals surface area (Å²) in [4.78, 5) is 27.2. The van der Waals surface area contributed by atoms with Gasteiger partial charge in [-0.25, -0.2) is 19.2 Å². The van der Waals surface area contributed by atoms with Crippen molar-refractivity contribution in [3.63, 3.8) is 0 Å². The molecule has 0 saturated heterocycles. The second-order valence-electron chi connectivity index (χ2n) is 6.29. The Morgan fingerprint density at radius 1 is 1.38 bits per heavy atom. The molecule has 2 N–H and O–H groups in total. The Balaban J connectivity index is 1.56. The van der Waals surface area contributed by atoms with Crippen LogP contribution < -0.4 is 5.32 Å². The number of rotatable bonds is 5. The van der Waals surface area contributed by atoms with E-state index in [1.807, 2.05) is 20.8 Å². The van der Waals surface area contributed by atoms with E-state index in [4.69, 9.17) is 0 Å². The Morgan fingerprint density at radius 3 is 2.85 bits per heavy atom. The van der Waals surface area contributed by atoms with Gasteiger partial charge in [0, 0.05) is 24.9 Å². The Bertz CT molecular complexity index is 935. The van der Waals surface area contributed by atoms with E-state index in [0.29, 0.717) is 29.8 Å². The van der Waals surface area contributed by atoms with Crippen LogP contribution in [0.1, 0.15) is 34.4 Å². The molecule has 0 aliphatic heterocycles. The molecule has 0 aliphatic rings. The highest BCUT2D eigenvalue weighted by atomic mass is 32.1. The van der Waals surface area contributed by atoms with Crippen molar-refractivity contribution in [2.45, 2.75) is 33.2 Å². The summed E-state index contributed by atoms with van der Waals surface area (Å²) >= 11 is 1.64. The van der Waals surface area contributed by atoms with Crippen molar-refractivity contribution in [1.29, 1.82) is 0 Å². The number of halogens is 1. The van der Waals surface area contributed by atoms with Crippen LogP contribution in [0, 0.1) is 19.7 Å². The molecule has 0 radical (unpaired) electrons. The van der Waals surface area contributed by atoms with Crippen LogP contribution in [0.5, 0.6) is 0 Å². The smallest absolute Gasteiger partial charge is 0.317 e. The van der Waals surface area contributed by atoms with Crippen LogP contribution in [0.3, 0.4) is 0 Å². The monoisotopic (exact) mass is 375 g/mol. The lowest BCUT2D eigenvalue weighted by Crippen LogP contribution is -2.39. The maximum absolute atomic E-state index is 13.2. The van der Waals surface area contributed by atoms with Gasteiger partial charge < -0.3 is 15.2 Å². The fraction of sp³-hybridized carbons (Fsp3) is 0.389. The molecule has 1 aromatic carbocycles. The van der Waals surface area contributed by atoms with Crippen molar-refractivity contribution < 1.29 is 9.18 Å². The summed E-state index contributed by atoms with van der Waals surface area (Å²) in [6.45, 7) is 6.39. The summed E-state index contributed by atoms with van der Waals surface area (Å²) in [7, 11) is 1.76. The maximum atomic E-state index is 13.2. The van der Waals surface area contributed by atoms with E-state index in [0.717, 1.165) is 15.6 Å². The number of hydrogen-bond acceptors (Lipinski definition) is 4. The van der Waals surface area contributed by atoms with Crippen molar-refractivity contribution in [2.75, 3.05) is 13.6 Å². The molecule has 1 atom stereocenters. The number of nitrogens with zero attached hydrogens (tertiary/aromatic N) is 3. The van der Waals surface area contributed by atoms with E-state index < -0.39 is 0 Å². The number of nitrogens with one attached hydrogen (secondary N) is 2. The van der Waals surface area contributed by atoms with Gasteiger partial charge >= 0.3 is 6.03 Å². The number of aromatic nitrogens is 3. The lowest BCUT2D eigenvalue weighted by atomic mass is 10.2. The number of aryl methyl sites for hydroxylation is 2. The van der Waals surface area contributed by atoms with Gasteiger partial charge in [0.15, 0.2) is 0 Å². The van der Waals surface area contributed by atoms with Crippen LogP contribution in [0.2, 0.25) is 0 Å². The average Bonchev–Trinajstić information content (AvgIpc) is 3.14. The first-order chi connectivity index (χ1) is 12.3. The molecular weight excluding hydrogens is 353 g/mol. The number of amides is 2. The topological polar surface area (TPSA) is 73.9 Å². The molecule has 3 rings (SSSR count). The zero-order valence-corrected chi connectivity index (χ0v) is 16.1. The van der Waals surface area contributed by atoms with Crippen LogP contribution in [0.15, 0.2) is 18.2 Å². The van der Waals surface area contributed by atoms with Gasteiger partial charge in [0.2, 0.25) is 0 Å². The number of carbonyl (C=O) groups excluding carboxylic acids is 1. The van der Waals surface area contributed by atoms with Gasteiger partial charge in [0.1, 0.15) is 11.6 Å². The number of thiazole rings is 1. The third-order valence-electron chi connectivity index (χ3n) is 4.37. The average molecular weight is 375 g/mol. The van der Waals surface area contributed by atoms with Crippen molar-refractivity contribution in [1.82, 2.24) is 25.2 Å². The predicted molar refractivity (Wildman–Crippen MR) is 101 cm³/mol. The maximum Gasteiger partial charge on any atom is 0.317 e. The quantitative estimate of drug-likeness (QED) is 0.714. The molecule has 0 fully saturated rings. The minimum atomic E-state index is -0.302. The van der Waals surface area contributed by atoms with Gasteiger partial charge in [0.25, 0.3) is 0 Å². The van der Waals surface area contributed by atoms with Crippen LogP contribution in [0.25, 0.3) is 11.0 Å². The van der Waals surface area contributed by atoms with Gasteiger partial charge in [-0.05, 0) is 39.0 Å². The highest BCUT2D eigenvalue weighted by Crippen LogP contribution is 2.25. The molecule has 2 amide bonds. The number of hydrogen-bond donors (Lipinski definition) is 2. The molecule has 6 nitrogen and oxygen atoms in total. The molecule has 8 heteroatoms. The first-order valence-corrected chi connectivity index (χ1v) is 9.25. The summed E-state index contributed by atoms with van der Waals surface area (Å²) in [5.41, 5.74) is 2.31. The van der Waals surface area contributed by atoms with Gasteiger partial charge in [-0.3, -0.25) is 0 Å². The lowest BCUT2D eigenvalue weighted by Gasteiger charge is -2.24. The second-order valence-corrected chi connectivity index (χ2v) is 7.70. The SMILES string of the molecule is Cc1nc([C@H](C)N(C)C(=O)NCCc2nc3ccc(F)cc3[nH]2)c(C)s1. The molecule has 3 aromatic rings. The summed E-state index contributed by atoms with van der Waals surface area (Å²) in [5, 5.41) is 3.89. The molecule has 0 saturated carbocycles. The van der Waals surface area contributed by atoms with E-state index in [1.54, 1.807) is 29.4 Å². The van der Waals surface area contributed by atoms with Crippen LogP contribution in [-0.4, -0.2) is 39.5 Å². The molecule has 0 spiro atoms. The molecule has 138 valence electrons. The Labute approximate surface area is 155 Å². The van der Waals surface area contributed by atoms with Crippen molar-refractivity contribution in [3.05, 3.63) is 45.4 Å². The van der Waals surface area contributed by atoms with E-state index in [2.05, 4.69) is 20.3 Å². The van der Waals surface area contributed by atoms with E-state index in [1.165, 1.54) is 12.1 Å². The zero-order chi connectivity index (χ0) is 18.8. The van der Waals surface area contributed by atoms with Crippen molar-refractivity contribution in [3.8, 4) is 0 Å². The molecule has 0 unspecified atom stereocenters. The first kappa shape index (κ1) is 18.3. The minimum Gasteiger partial charge on any atom is -0.342 e. The van der Waals surface area contributed by atoms with E-state index in [-0.39, 0.29) is 17.9 Å². The Morgan fingerprint density at radius 2 is 2.15 bits per heavy atom. The largest absolute Gasteiger partial charge is 0.342 e. The third-order valence-corrected chi connectivity index (χ3v) is 5.27. The van der Waals surface area contributed by atoms with Crippen LogP contribution >= 0.6 is 11.3 Å². The summed E-state index contributed by atoms with van der Waals surface area (Å²) in [6, 6.07) is 4.17. The fourth-order valence-corrected chi connectivity index (χ4v) is 3.77. The number of urea groups is 1. The highest BCUT2D eigenvalue weighted by Gasteiger charge is 2.21. The van der Waals surface area contributed by atoms with Gasteiger partial charge in [-0.2, -0.15) is 0 Å². The number of imidazole rings is 1. The lowest BCUT2D eigenvalue weighted by molar-refractivity contribution is 0.193. The molecule has 2 aromatic heterocycles. The van der Waals surface area contributed by atoms with Crippen LogP contribution in [0.4, 0.5) is 9.18 Å². The van der Waals surface area contributed by atoms with Crippen molar-refractivity contribution in [2.24, 2.45) is 0 Å². The molecular formula is C18H22FN5OS. The second kappa shape index (κ2) is 7.41. The Hall–Kier alpha value is -2.48.